The molecule has 0 spiro atoms. The number of nitrogens with zero attached hydrogens (tertiary/aromatic N) is 2. The number of anilines is 2. The van der Waals surface area contributed by atoms with Crippen molar-refractivity contribution in [2.24, 2.45) is 5.73 Å². The molecule has 0 saturated carbocycles. The highest BCUT2D eigenvalue weighted by Crippen LogP contribution is 2.31. The molecule has 2 N–H and O–H groups in total. The van der Waals surface area contributed by atoms with Crippen LogP contribution in [0.25, 0.3) is 10.9 Å². The Labute approximate surface area is 129 Å². The van der Waals surface area contributed by atoms with Gasteiger partial charge in [0.25, 0.3) is 0 Å². The van der Waals surface area contributed by atoms with Crippen molar-refractivity contribution in [3.8, 4) is 0 Å². The zero-order valence-electron chi connectivity index (χ0n) is 11.8. The van der Waals surface area contributed by atoms with Gasteiger partial charge < -0.3 is 10.6 Å². The normalized spacial score (nSPS) is 10.8. The first-order valence-electron chi connectivity index (χ1n) is 6.76. The maximum Gasteiger partial charge on any atom is 0.0737 e. The average molecular weight is 298 g/mol. The van der Waals surface area contributed by atoms with Crippen molar-refractivity contribution >= 4 is 33.9 Å². The summed E-state index contributed by atoms with van der Waals surface area (Å²) in [6.45, 7) is 0.536. The van der Waals surface area contributed by atoms with Crippen molar-refractivity contribution in [2.75, 3.05) is 11.9 Å². The van der Waals surface area contributed by atoms with Crippen LogP contribution in [0.4, 0.5) is 11.4 Å². The number of benzene rings is 2. The van der Waals surface area contributed by atoms with Crippen LogP contribution >= 0.6 is 11.6 Å². The van der Waals surface area contributed by atoms with Crippen LogP contribution in [0.1, 0.15) is 5.56 Å². The summed E-state index contributed by atoms with van der Waals surface area (Å²) in [7, 11) is 2.04. The minimum Gasteiger partial charge on any atom is -0.344 e. The van der Waals surface area contributed by atoms with Gasteiger partial charge in [0.05, 0.1) is 11.2 Å². The molecule has 106 valence electrons. The first kappa shape index (κ1) is 13.9. The molecule has 0 unspecified atom stereocenters. The van der Waals surface area contributed by atoms with Crippen LogP contribution in [0.5, 0.6) is 0 Å². The molecule has 0 radical (unpaired) electrons. The lowest BCUT2D eigenvalue weighted by molar-refractivity contribution is 1.06. The summed E-state index contributed by atoms with van der Waals surface area (Å²) in [5.74, 6) is 0. The molecule has 0 aliphatic heterocycles. The molecule has 0 saturated heterocycles. The van der Waals surface area contributed by atoms with E-state index < -0.39 is 0 Å². The monoisotopic (exact) mass is 297 g/mol. The molecule has 0 aliphatic rings. The minimum absolute atomic E-state index is 0.536. The van der Waals surface area contributed by atoms with Gasteiger partial charge in [-0.2, -0.15) is 0 Å². The summed E-state index contributed by atoms with van der Waals surface area (Å²) in [6, 6.07) is 16.0. The number of hydrogen-bond donors (Lipinski definition) is 1. The Bertz CT molecular complexity index is 786. The zero-order chi connectivity index (χ0) is 14.8. The van der Waals surface area contributed by atoms with Crippen molar-refractivity contribution in [3.05, 3.63) is 65.3 Å². The third kappa shape index (κ3) is 2.71. The van der Waals surface area contributed by atoms with E-state index in [1.807, 2.05) is 43.4 Å². The van der Waals surface area contributed by atoms with Gasteiger partial charge in [0, 0.05) is 35.9 Å². The molecule has 2 aromatic carbocycles. The van der Waals surface area contributed by atoms with Crippen molar-refractivity contribution in [1.29, 1.82) is 0 Å². The quantitative estimate of drug-likeness (QED) is 0.791. The Morgan fingerprint density at radius 1 is 1.14 bits per heavy atom. The number of aromatic nitrogens is 1. The van der Waals surface area contributed by atoms with Crippen LogP contribution in [0.2, 0.25) is 5.02 Å². The Hall–Kier alpha value is -2.10. The topological polar surface area (TPSA) is 42.1 Å². The highest BCUT2D eigenvalue weighted by Gasteiger charge is 2.09. The highest BCUT2D eigenvalue weighted by atomic mass is 35.5. The van der Waals surface area contributed by atoms with E-state index in [9.17, 15) is 0 Å². The molecule has 3 rings (SSSR count). The number of halogens is 1. The fourth-order valence-corrected chi connectivity index (χ4v) is 2.60. The fraction of sp³-hybridized carbons (Fsp3) is 0.118. The molecule has 3 aromatic rings. The first-order valence-corrected chi connectivity index (χ1v) is 7.14. The van der Waals surface area contributed by atoms with E-state index in [1.54, 1.807) is 6.20 Å². The molecule has 3 nitrogen and oxygen atoms in total. The van der Waals surface area contributed by atoms with Crippen LogP contribution in [-0.4, -0.2) is 12.0 Å². The van der Waals surface area contributed by atoms with Gasteiger partial charge in [0.15, 0.2) is 0 Å². The highest BCUT2D eigenvalue weighted by molar-refractivity contribution is 6.31. The summed E-state index contributed by atoms with van der Waals surface area (Å²) >= 11 is 6.04. The summed E-state index contributed by atoms with van der Waals surface area (Å²) in [4.78, 5) is 6.52. The van der Waals surface area contributed by atoms with Crippen molar-refractivity contribution in [1.82, 2.24) is 4.98 Å². The smallest absolute Gasteiger partial charge is 0.0737 e. The van der Waals surface area contributed by atoms with Crippen molar-refractivity contribution < 1.29 is 0 Å². The van der Waals surface area contributed by atoms with E-state index in [0.717, 1.165) is 27.8 Å². The molecule has 0 aliphatic carbocycles. The van der Waals surface area contributed by atoms with E-state index in [2.05, 4.69) is 22.0 Å². The van der Waals surface area contributed by atoms with Crippen LogP contribution in [0, 0.1) is 0 Å². The third-order valence-electron chi connectivity index (χ3n) is 3.58. The molecular formula is C17H16ClN3. The Morgan fingerprint density at radius 3 is 2.81 bits per heavy atom. The number of nitrogens with two attached hydrogens (primary N) is 1. The van der Waals surface area contributed by atoms with E-state index in [4.69, 9.17) is 17.3 Å². The van der Waals surface area contributed by atoms with Gasteiger partial charge in [0.2, 0.25) is 0 Å². The Morgan fingerprint density at radius 2 is 2.00 bits per heavy atom. The average Bonchev–Trinajstić information content (AvgIpc) is 2.53. The van der Waals surface area contributed by atoms with E-state index in [0.29, 0.717) is 11.6 Å². The van der Waals surface area contributed by atoms with Gasteiger partial charge in [-0.05, 0) is 42.0 Å². The van der Waals surface area contributed by atoms with Crippen molar-refractivity contribution in [3.63, 3.8) is 0 Å². The number of rotatable bonds is 3. The van der Waals surface area contributed by atoms with Gasteiger partial charge in [-0.25, -0.2) is 0 Å². The van der Waals surface area contributed by atoms with Crippen molar-refractivity contribution in [2.45, 2.75) is 6.54 Å². The van der Waals surface area contributed by atoms with Gasteiger partial charge in [-0.3, -0.25) is 4.98 Å². The Kier molecular flexibility index (Phi) is 3.78. The molecule has 0 amide bonds. The summed E-state index contributed by atoms with van der Waals surface area (Å²) < 4.78 is 0. The molecule has 21 heavy (non-hydrogen) atoms. The van der Waals surface area contributed by atoms with Crippen LogP contribution in [0.3, 0.4) is 0 Å². The van der Waals surface area contributed by atoms with E-state index in [-0.39, 0.29) is 0 Å². The minimum atomic E-state index is 0.536. The van der Waals surface area contributed by atoms with Crippen LogP contribution < -0.4 is 10.6 Å². The van der Waals surface area contributed by atoms with E-state index >= 15 is 0 Å². The summed E-state index contributed by atoms with van der Waals surface area (Å²) in [6.07, 6.45) is 1.80. The SMILES string of the molecule is CN(c1cccc(CN)c1)c1ccnc2cc(Cl)ccc12. The second-order valence-corrected chi connectivity index (χ2v) is 5.36. The molecule has 0 fully saturated rings. The van der Waals surface area contributed by atoms with Crippen LogP contribution in [0.15, 0.2) is 54.7 Å². The molecule has 1 heterocycles. The molecule has 4 heteroatoms. The predicted octanol–water partition coefficient (Wildman–Crippen LogP) is 4.11. The maximum atomic E-state index is 6.04. The van der Waals surface area contributed by atoms with E-state index in [1.165, 1.54) is 0 Å². The van der Waals surface area contributed by atoms with Gasteiger partial charge in [-0.15, -0.1) is 0 Å². The molecule has 0 bridgehead atoms. The zero-order valence-corrected chi connectivity index (χ0v) is 12.5. The summed E-state index contributed by atoms with van der Waals surface area (Å²) in [5.41, 5.74) is 9.91. The molecule has 1 aromatic heterocycles. The first-order chi connectivity index (χ1) is 10.2. The van der Waals surface area contributed by atoms with Gasteiger partial charge >= 0.3 is 0 Å². The van der Waals surface area contributed by atoms with Crippen LogP contribution in [-0.2, 0) is 6.54 Å². The predicted molar refractivity (Wildman–Crippen MR) is 89.1 cm³/mol. The fourth-order valence-electron chi connectivity index (χ4n) is 2.43. The maximum absolute atomic E-state index is 6.04. The lowest BCUT2D eigenvalue weighted by Crippen LogP contribution is -2.11. The van der Waals surface area contributed by atoms with Gasteiger partial charge in [-0.1, -0.05) is 23.7 Å². The lowest BCUT2D eigenvalue weighted by atomic mass is 10.1. The molecular weight excluding hydrogens is 282 g/mol. The number of hydrogen-bond acceptors (Lipinski definition) is 3. The number of pyridine rings is 1. The standard InChI is InChI=1S/C17H16ClN3/c1-21(14-4-2-3-12(9-14)11-19)17-7-8-20-16-10-13(18)5-6-15(16)17/h2-10H,11,19H2,1H3. The second kappa shape index (κ2) is 5.72. The molecule has 0 atom stereocenters. The lowest BCUT2D eigenvalue weighted by Gasteiger charge is -2.21. The second-order valence-electron chi connectivity index (χ2n) is 4.92. The Balaban J connectivity index is 2.10. The largest absolute Gasteiger partial charge is 0.344 e. The summed E-state index contributed by atoms with van der Waals surface area (Å²) in [5, 5.41) is 1.77. The van der Waals surface area contributed by atoms with Gasteiger partial charge in [0.1, 0.15) is 0 Å². The number of fused-ring (bicyclic) bond motifs is 1. The third-order valence-corrected chi connectivity index (χ3v) is 3.81.